The van der Waals surface area contributed by atoms with Crippen LogP contribution in [-0.4, -0.2) is 15.0 Å². The summed E-state index contributed by atoms with van der Waals surface area (Å²) in [6, 6.07) is 68.5. The molecule has 57 heavy (non-hydrogen) atoms. The van der Waals surface area contributed by atoms with Crippen LogP contribution >= 0.6 is 0 Å². The fourth-order valence-corrected chi connectivity index (χ4v) is 9.36. The van der Waals surface area contributed by atoms with Crippen LogP contribution in [0.3, 0.4) is 0 Å². The van der Waals surface area contributed by atoms with Gasteiger partial charge in [-0.3, -0.25) is 4.90 Å². The SMILES string of the molecule is c1ccc(-c2nc(-c3ccccc3)nc(N3c4ccccc4C4(c5ccccc5-c5ccc(-c6cccc7c6oc6ccccc67)cc54)c4ccccc43)n2)cc1. The Kier molecular flexibility index (Phi) is 6.78. The van der Waals surface area contributed by atoms with Gasteiger partial charge in [-0.25, -0.2) is 4.98 Å². The molecule has 5 heteroatoms. The van der Waals surface area contributed by atoms with E-state index in [4.69, 9.17) is 19.4 Å². The molecule has 1 aliphatic heterocycles. The van der Waals surface area contributed by atoms with Crippen molar-refractivity contribution < 1.29 is 4.42 Å². The molecule has 0 bridgehead atoms. The zero-order valence-corrected chi connectivity index (χ0v) is 30.7. The van der Waals surface area contributed by atoms with E-state index in [-0.39, 0.29) is 0 Å². The van der Waals surface area contributed by atoms with E-state index in [1.54, 1.807) is 0 Å². The Morgan fingerprint density at radius 3 is 1.63 bits per heavy atom. The van der Waals surface area contributed by atoms with Gasteiger partial charge in [-0.2, -0.15) is 9.97 Å². The number of rotatable bonds is 4. The molecule has 1 spiro atoms. The van der Waals surface area contributed by atoms with E-state index in [0.717, 1.165) is 66.7 Å². The summed E-state index contributed by atoms with van der Waals surface area (Å²) in [4.78, 5) is 17.8. The number of fused-ring (bicyclic) bond motifs is 12. The van der Waals surface area contributed by atoms with Crippen LogP contribution in [0.25, 0.3) is 67.0 Å². The van der Waals surface area contributed by atoms with Crippen LogP contribution in [0.1, 0.15) is 22.3 Å². The minimum Gasteiger partial charge on any atom is -0.455 e. The molecule has 0 fully saturated rings. The van der Waals surface area contributed by atoms with Crippen molar-refractivity contribution in [3.05, 3.63) is 216 Å². The molecular weight excluding hydrogens is 697 g/mol. The molecule has 5 nitrogen and oxygen atoms in total. The second-order valence-corrected chi connectivity index (χ2v) is 14.7. The standard InChI is InChI=1S/C52H32N4O/c1-3-16-33(17-4-1)49-53-50(34-18-5-2-6-19-34)55-51(54-49)56-45-27-12-10-25-42(45)52(43-26-11-13-28-46(43)56)41-24-9-7-20-37(41)38-31-30-35(32-44(38)52)36-22-15-23-40-39-21-8-14-29-47(39)57-48(36)40/h1-32H. The van der Waals surface area contributed by atoms with Gasteiger partial charge < -0.3 is 4.42 Å². The summed E-state index contributed by atoms with van der Waals surface area (Å²) in [7, 11) is 0. The molecule has 12 rings (SSSR count). The quantitative estimate of drug-likeness (QED) is 0.181. The molecule has 0 saturated carbocycles. The lowest BCUT2D eigenvalue weighted by molar-refractivity contribution is 0.670. The van der Waals surface area contributed by atoms with E-state index in [1.165, 1.54) is 22.3 Å². The Labute approximate surface area is 329 Å². The van der Waals surface area contributed by atoms with Crippen LogP contribution in [0.2, 0.25) is 0 Å². The summed E-state index contributed by atoms with van der Waals surface area (Å²) in [5.74, 6) is 1.81. The summed E-state index contributed by atoms with van der Waals surface area (Å²) in [6.07, 6.45) is 0. The Hall–Kier alpha value is -7.63. The molecule has 0 atom stereocenters. The van der Waals surface area contributed by atoms with E-state index in [2.05, 4.69) is 150 Å². The van der Waals surface area contributed by atoms with Crippen molar-refractivity contribution in [2.75, 3.05) is 4.90 Å². The highest BCUT2D eigenvalue weighted by Crippen LogP contribution is 2.63. The van der Waals surface area contributed by atoms with Crippen molar-refractivity contribution >= 4 is 39.3 Å². The zero-order chi connectivity index (χ0) is 37.5. The number of aromatic nitrogens is 3. The normalized spacial score (nSPS) is 13.4. The number of furan rings is 1. The average molecular weight is 729 g/mol. The van der Waals surface area contributed by atoms with Gasteiger partial charge in [-0.15, -0.1) is 0 Å². The molecule has 2 aromatic heterocycles. The molecule has 8 aromatic carbocycles. The maximum Gasteiger partial charge on any atom is 0.238 e. The first-order chi connectivity index (χ1) is 28.3. The van der Waals surface area contributed by atoms with Crippen LogP contribution in [-0.2, 0) is 5.41 Å². The van der Waals surface area contributed by atoms with Gasteiger partial charge in [-0.05, 0) is 63.2 Å². The van der Waals surface area contributed by atoms with Gasteiger partial charge in [0.05, 0.1) is 16.8 Å². The van der Waals surface area contributed by atoms with E-state index in [0.29, 0.717) is 17.6 Å². The fourth-order valence-electron chi connectivity index (χ4n) is 9.36. The first-order valence-electron chi connectivity index (χ1n) is 19.3. The van der Waals surface area contributed by atoms with Gasteiger partial charge in [0.25, 0.3) is 0 Å². The second-order valence-electron chi connectivity index (χ2n) is 14.7. The summed E-state index contributed by atoms with van der Waals surface area (Å²) < 4.78 is 6.59. The summed E-state index contributed by atoms with van der Waals surface area (Å²) in [5.41, 5.74) is 14.5. The Balaban J connectivity index is 1.13. The average Bonchev–Trinajstić information content (AvgIpc) is 3.81. The number of hydrogen-bond donors (Lipinski definition) is 0. The summed E-state index contributed by atoms with van der Waals surface area (Å²) in [6.45, 7) is 0. The lowest BCUT2D eigenvalue weighted by atomic mass is 9.64. The molecule has 3 heterocycles. The molecule has 0 amide bonds. The van der Waals surface area contributed by atoms with Gasteiger partial charge in [0.2, 0.25) is 5.95 Å². The molecule has 0 unspecified atom stereocenters. The maximum atomic E-state index is 6.59. The third-order valence-electron chi connectivity index (χ3n) is 11.7. The monoisotopic (exact) mass is 728 g/mol. The van der Waals surface area contributed by atoms with Crippen molar-refractivity contribution in [1.82, 2.24) is 15.0 Å². The first kappa shape index (κ1) is 31.7. The second kappa shape index (κ2) is 12.2. The van der Waals surface area contributed by atoms with Gasteiger partial charge in [-0.1, -0.05) is 170 Å². The minimum absolute atomic E-state index is 0.564. The van der Waals surface area contributed by atoms with Crippen LogP contribution in [0.4, 0.5) is 17.3 Å². The molecule has 0 radical (unpaired) electrons. The highest BCUT2D eigenvalue weighted by atomic mass is 16.3. The van der Waals surface area contributed by atoms with Crippen LogP contribution in [0, 0.1) is 0 Å². The highest BCUT2D eigenvalue weighted by Gasteiger charge is 2.52. The fraction of sp³-hybridized carbons (Fsp3) is 0.0192. The lowest BCUT2D eigenvalue weighted by Gasteiger charge is -2.44. The summed E-state index contributed by atoms with van der Waals surface area (Å²) >= 11 is 0. The predicted molar refractivity (Wildman–Crippen MR) is 229 cm³/mol. The number of anilines is 3. The van der Waals surface area contributed by atoms with Crippen molar-refractivity contribution in [2.45, 2.75) is 5.41 Å². The zero-order valence-electron chi connectivity index (χ0n) is 30.7. The van der Waals surface area contributed by atoms with Crippen molar-refractivity contribution in [3.63, 3.8) is 0 Å². The maximum absolute atomic E-state index is 6.59. The van der Waals surface area contributed by atoms with Crippen LogP contribution in [0.5, 0.6) is 0 Å². The van der Waals surface area contributed by atoms with Gasteiger partial charge in [0, 0.05) is 27.5 Å². The molecule has 266 valence electrons. The molecule has 1 aliphatic carbocycles. The number of hydrogen-bond acceptors (Lipinski definition) is 5. The van der Waals surface area contributed by atoms with Crippen molar-refractivity contribution in [1.29, 1.82) is 0 Å². The predicted octanol–water partition coefficient (Wildman–Crippen LogP) is 12.9. The molecule has 0 N–H and O–H groups in total. The van der Waals surface area contributed by atoms with Gasteiger partial charge in [0.15, 0.2) is 11.6 Å². The number of para-hydroxylation sites is 4. The smallest absolute Gasteiger partial charge is 0.238 e. The van der Waals surface area contributed by atoms with Crippen LogP contribution < -0.4 is 4.90 Å². The Bertz CT molecular complexity index is 3100. The Morgan fingerprint density at radius 2 is 0.930 bits per heavy atom. The molecule has 10 aromatic rings. The van der Waals surface area contributed by atoms with E-state index in [9.17, 15) is 0 Å². The van der Waals surface area contributed by atoms with Crippen molar-refractivity contribution in [3.8, 4) is 45.0 Å². The van der Waals surface area contributed by atoms with Crippen LogP contribution in [0.15, 0.2) is 199 Å². The minimum atomic E-state index is -0.634. The van der Waals surface area contributed by atoms with Crippen molar-refractivity contribution in [2.24, 2.45) is 0 Å². The van der Waals surface area contributed by atoms with Gasteiger partial charge >= 0.3 is 0 Å². The highest BCUT2D eigenvalue weighted by molar-refractivity contribution is 6.10. The lowest BCUT2D eigenvalue weighted by Crippen LogP contribution is -2.36. The van der Waals surface area contributed by atoms with Gasteiger partial charge in [0.1, 0.15) is 11.2 Å². The van der Waals surface area contributed by atoms with E-state index < -0.39 is 5.41 Å². The number of benzene rings is 8. The topological polar surface area (TPSA) is 55.1 Å². The largest absolute Gasteiger partial charge is 0.455 e. The Morgan fingerprint density at radius 1 is 0.386 bits per heavy atom. The number of nitrogens with zero attached hydrogens (tertiary/aromatic N) is 4. The molecule has 2 aliphatic rings. The third kappa shape index (κ3) is 4.54. The van der Waals surface area contributed by atoms with E-state index in [1.807, 2.05) is 48.5 Å². The molecular formula is C52H32N4O. The molecule has 0 saturated heterocycles. The summed E-state index contributed by atoms with van der Waals surface area (Å²) in [5, 5.41) is 2.24. The third-order valence-corrected chi connectivity index (χ3v) is 11.7. The van der Waals surface area contributed by atoms with E-state index >= 15 is 0 Å². The first-order valence-corrected chi connectivity index (χ1v) is 19.3.